The standard InChI is InChI=1S/C25H38N4O5/c1-13(2)19-23(32)28-20(14(3)4)24(33)29-21(15(5)16(6)30)25(34)26-18(22(31)27-19)12-17-10-8-7-9-11-17/h7-11,13-16,18-21,30H,12H2,1-6H3,(H,26,34)(H,27,31)(H,28,32)(H,29,33)/t15-,16?,18-,19-,20-,21-/m0/s1. The van der Waals surface area contributed by atoms with Gasteiger partial charge in [-0.3, -0.25) is 19.2 Å². The molecule has 6 atom stereocenters. The summed E-state index contributed by atoms with van der Waals surface area (Å²) in [5.41, 5.74) is 0.824. The Kier molecular flexibility index (Phi) is 9.61. The van der Waals surface area contributed by atoms with Crippen molar-refractivity contribution >= 4 is 23.6 Å². The number of carbonyl (C=O) groups is 4. The molecule has 34 heavy (non-hydrogen) atoms. The van der Waals surface area contributed by atoms with E-state index < -0.39 is 59.8 Å². The molecule has 5 N–H and O–H groups in total. The van der Waals surface area contributed by atoms with Gasteiger partial charge in [-0.1, -0.05) is 65.0 Å². The molecule has 9 heteroatoms. The summed E-state index contributed by atoms with van der Waals surface area (Å²) >= 11 is 0. The number of nitrogens with one attached hydrogen (secondary N) is 4. The fourth-order valence-corrected chi connectivity index (χ4v) is 3.84. The molecule has 2 rings (SSSR count). The number of benzene rings is 1. The molecule has 9 nitrogen and oxygen atoms in total. The van der Waals surface area contributed by atoms with E-state index in [0.29, 0.717) is 0 Å². The van der Waals surface area contributed by atoms with Crippen LogP contribution in [0.25, 0.3) is 0 Å². The molecule has 1 heterocycles. The lowest BCUT2D eigenvalue weighted by Crippen LogP contribution is -2.64. The van der Waals surface area contributed by atoms with Gasteiger partial charge in [-0.15, -0.1) is 0 Å². The van der Waals surface area contributed by atoms with Crippen molar-refractivity contribution < 1.29 is 24.3 Å². The average Bonchev–Trinajstić information content (AvgIpc) is 2.77. The van der Waals surface area contributed by atoms with Crippen molar-refractivity contribution in [1.82, 2.24) is 21.3 Å². The quantitative estimate of drug-likeness (QED) is 0.409. The van der Waals surface area contributed by atoms with Crippen molar-refractivity contribution in [3.8, 4) is 0 Å². The molecule has 188 valence electrons. The molecule has 1 aromatic carbocycles. The zero-order valence-corrected chi connectivity index (χ0v) is 20.8. The Balaban J connectivity index is 2.49. The smallest absolute Gasteiger partial charge is 0.243 e. The number of amides is 4. The van der Waals surface area contributed by atoms with E-state index in [9.17, 15) is 24.3 Å². The first-order chi connectivity index (χ1) is 15.9. The van der Waals surface area contributed by atoms with E-state index in [4.69, 9.17) is 0 Å². The molecular formula is C25H38N4O5. The number of rotatable bonds is 6. The summed E-state index contributed by atoms with van der Waals surface area (Å²) in [6.07, 6.45) is -0.703. The normalized spacial score (nSPS) is 26.5. The summed E-state index contributed by atoms with van der Waals surface area (Å²) in [4.78, 5) is 52.8. The molecule has 1 unspecified atom stereocenters. The third kappa shape index (κ3) is 7.03. The van der Waals surface area contributed by atoms with Gasteiger partial charge in [0.25, 0.3) is 0 Å². The molecule has 1 aromatic rings. The van der Waals surface area contributed by atoms with Gasteiger partial charge >= 0.3 is 0 Å². The maximum Gasteiger partial charge on any atom is 0.243 e. The van der Waals surface area contributed by atoms with E-state index in [0.717, 1.165) is 5.56 Å². The minimum absolute atomic E-state index is 0.198. The predicted octanol–water partition coefficient (Wildman–Crippen LogP) is 0.511. The van der Waals surface area contributed by atoms with E-state index >= 15 is 0 Å². The number of hydrogen-bond acceptors (Lipinski definition) is 5. The molecular weight excluding hydrogens is 436 g/mol. The lowest BCUT2D eigenvalue weighted by molar-refractivity contribution is -0.139. The van der Waals surface area contributed by atoms with Gasteiger partial charge in [0.1, 0.15) is 24.2 Å². The molecule has 0 spiro atoms. The van der Waals surface area contributed by atoms with Crippen molar-refractivity contribution in [1.29, 1.82) is 0 Å². The fourth-order valence-electron chi connectivity index (χ4n) is 3.84. The zero-order chi connectivity index (χ0) is 25.6. The van der Waals surface area contributed by atoms with Gasteiger partial charge in [0, 0.05) is 12.3 Å². The Morgan fingerprint density at radius 3 is 1.59 bits per heavy atom. The minimum atomic E-state index is -1.10. The van der Waals surface area contributed by atoms with Crippen LogP contribution in [-0.2, 0) is 25.6 Å². The van der Waals surface area contributed by atoms with Gasteiger partial charge in [0.15, 0.2) is 0 Å². The average molecular weight is 475 g/mol. The molecule has 0 saturated carbocycles. The lowest BCUT2D eigenvalue weighted by Gasteiger charge is -2.33. The first kappa shape index (κ1) is 27.3. The summed E-state index contributed by atoms with van der Waals surface area (Å²) in [6, 6.07) is 5.31. The summed E-state index contributed by atoms with van der Waals surface area (Å²) in [6.45, 7) is 10.3. The Hall–Kier alpha value is -2.94. The highest BCUT2D eigenvalue weighted by molar-refractivity contribution is 5.97. The Bertz CT molecular complexity index is 871. The van der Waals surface area contributed by atoms with Crippen LogP contribution in [0, 0.1) is 17.8 Å². The number of hydrogen-bond donors (Lipinski definition) is 5. The zero-order valence-electron chi connectivity index (χ0n) is 20.8. The second-order valence-corrected chi connectivity index (χ2v) is 9.80. The lowest BCUT2D eigenvalue weighted by atomic mass is 9.93. The van der Waals surface area contributed by atoms with Crippen molar-refractivity contribution in [2.45, 2.75) is 78.2 Å². The van der Waals surface area contributed by atoms with Crippen LogP contribution in [0.15, 0.2) is 30.3 Å². The molecule has 4 amide bonds. The van der Waals surface area contributed by atoms with E-state index in [2.05, 4.69) is 21.3 Å². The van der Waals surface area contributed by atoms with E-state index in [1.807, 2.05) is 30.3 Å². The van der Waals surface area contributed by atoms with Gasteiger partial charge in [-0.2, -0.15) is 0 Å². The molecule has 0 radical (unpaired) electrons. The fraction of sp³-hybridized carbons (Fsp3) is 0.600. The summed E-state index contributed by atoms with van der Waals surface area (Å²) in [5.74, 6) is -3.23. The molecule has 1 saturated heterocycles. The van der Waals surface area contributed by atoms with Crippen LogP contribution in [0.2, 0.25) is 0 Å². The Labute approximate surface area is 201 Å². The third-order valence-corrected chi connectivity index (χ3v) is 6.28. The largest absolute Gasteiger partial charge is 0.393 e. The number of aliphatic hydroxyl groups is 1. The first-order valence-corrected chi connectivity index (χ1v) is 11.9. The highest BCUT2D eigenvalue weighted by Crippen LogP contribution is 2.14. The second-order valence-electron chi connectivity index (χ2n) is 9.80. The van der Waals surface area contributed by atoms with Gasteiger partial charge < -0.3 is 26.4 Å². The van der Waals surface area contributed by atoms with Crippen LogP contribution in [0.4, 0.5) is 0 Å². The highest BCUT2D eigenvalue weighted by atomic mass is 16.3. The Morgan fingerprint density at radius 1 is 0.676 bits per heavy atom. The van der Waals surface area contributed by atoms with Crippen molar-refractivity contribution in [2.24, 2.45) is 17.8 Å². The van der Waals surface area contributed by atoms with E-state index in [1.165, 1.54) is 6.92 Å². The van der Waals surface area contributed by atoms with Crippen molar-refractivity contribution in [3.63, 3.8) is 0 Å². The maximum atomic E-state index is 13.3. The summed E-state index contributed by atoms with van der Waals surface area (Å²) < 4.78 is 0. The molecule has 1 aliphatic rings. The van der Waals surface area contributed by atoms with E-state index in [-0.39, 0.29) is 18.3 Å². The maximum absolute atomic E-state index is 13.3. The monoisotopic (exact) mass is 474 g/mol. The number of aliphatic hydroxyl groups excluding tert-OH is 1. The third-order valence-electron chi connectivity index (χ3n) is 6.28. The predicted molar refractivity (Wildman–Crippen MR) is 128 cm³/mol. The van der Waals surface area contributed by atoms with Crippen LogP contribution < -0.4 is 21.3 Å². The summed E-state index contributed by atoms with van der Waals surface area (Å²) in [7, 11) is 0. The minimum Gasteiger partial charge on any atom is -0.393 e. The first-order valence-electron chi connectivity index (χ1n) is 11.9. The van der Waals surface area contributed by atoms with Crippen LogP contribution in [0.5, 0.6) is 0 Å². The van der Waals surface area contributed by atoms with Crippen molar-refractivity contribution in [2.75, 3.05) is 0 Å². The number of carbonyl (C=O) groups excluding carboxylic acids is 4. The van der Waals surface area contributed by atoms with Gasteiger partial charge in [-0.05, 0) is 24.3 Å². The summed E-state index contributed by atoms with van der Waals surface area (Å²) in [5, 5.41) is 21.1. The molecule has 0 aliphatic carbocycles. The topological polar surface area (TPSA) is 137 Å². The van der Waals surface area contributed by atoms with Gasteiger partial charge in [-0.25, -0.2) is 0 Å². The van der Waals surface area contributed by atoms with Crippen molar-refractivity contribution in [3.05, 3.63) is 35.9 Å². The van der Waals surface area contributed by atoms with Gasteiger partial charge in [0.05, 0.1) is 6.10 Å². The van der Waals surface area contributed by atoms with E-state index in [1.54, 1.807) is 34.6 Å². The van der Waals surface area contributed by atoms with Crippen LogP contribution in [-0.4, -0.2) is 59.0 Å². The van der Waals surface area contributed by atoms with Crippen LogP contribution in [0.1, 0.15) is 47.1 Å². The Morgan fingerprint density at radius 2 is 1.12 bits per heavy atom. The van der Waals surface area contributed by atoms with Gasteiger partial charge in [0.2, 0.25) is 23.6 Å². The SMILES string of the molecule is CC(C)[C@@H]1NC(=O)[C@H](Cc2ccccc2)NC(=O)[C@H]([C@@H](C)C(C)O)NC(=O)[C@H](C(C)C)NC1=O. The molecule has 0 bridgehead atoms. The van der Waals surface area contributed by atoms with Crippen LogP contribution >= 0.6 is 0 Å². The molecule has 1 fully saturated rings. The molecule has 0 aromatic heterocycles. The van der Waals surface area contributed by atoms with Crippen LogP contribution in [0.3, 0.4) is 0 Å². The second kappa shape index (κ2) is 12.0. The molecule has 1 aliphatic heterocycles. The highest BCUT2D eigenvalue weighted by Gasteiger charge is 2.38.